The van der Waals surface area contributed by atoms with Gasteiger partial charge >= 0.3 is 6.61 Å². The molecule has 10 heteroatoms. The van der Waals surface area contributed by atoms with E-state index in [4.69, 9.17) is 16.3 Å². The van der Waals surface area contributed by atoms with E-state index in [9.17, 15) is 29.2 Å². The summed E-state index contributed by atoms with van der Waals surface area (Å²) in [5, 5.41) is 41.7. The summed E-state index contributed by atoms with van der Waals surface area (Å²) in [5.41, 5.74) is 2.84. The third-order valence-corrected chi connectivity index (χ3v) is 6.09. The molecule has 0 aliphatic carbocycles. The Balaban J connectivity index is 1.75. The molecule has 33 heavy (non-hydrogen) atoms. The number of fused-ring (bicyclic) bond motifs is 1. The fraction of sp³-hybridized carbons (Fsp3) is 0.391. The van der Waals surface area contributed by atoms with Crippen molar-refractivity contribution in [2.24, 2.45) is 0 Å². The van der Waals surface area contributed by atoms with Crippen LogP contribution in [-0.2, 0) is 11.3 Å². The maximum absolute atomic E-state index is 12.4. The molecular formula is C23H24ClF2NO6. The number of alkyl halides is 2. The topological polar surface area (TPSA) is 104 Å². The monoisotopic (exact) mass is 483 g/mol. The van der Waals surface area contributed by atoms with Crippen molar-refractivity contribution in [1.82, 2.24) is 4.57 Å². The van der Waals surface area contributed by atoms with Crippen molar-refractivity contribution in [1.29, 1.82) is 0 Å². The smallest absolute Gasteiger partial charge is 0.387 e. The van der Waals surface area contributed by atoms with Crippen molar-refractivity contribution in [3.63, 3.8) is 0 Å². The average Bonchev–Trinajstić information content (AvgIpc) is 3.11. The molecule has 2 heterocycles. The fourth-order valence-corrected chi connectivity index (χ4v) is 4.61. The number of benzene rings is 2. The maximum atomic E-state index is 12.4. The second kappa shape index (κ2) is 9.54. The van der Waals surface area contributed by atoms with Crippen molar-refractivity contribution in [2.75, 3.05) is 6.61 Å². The molecule has 1 aromatic heterocycles. The number of aliphatic hydroxyl groups is 4. The van der Waals surface area contributed by atoms with Gasteiger partial charge in [0.25, 0.3) is 0 Å². The first-order valence-corrected chi connectivity index (χ1v) is 10.7. The van der Waals surface area contributed by atoms with E-state index >= 15 is 0 Å². The lowest BCUT2D eigenvalue weighted by molar-refractivity contribution is -0.231. The molecule has 0 amide bonds. The normalized spacial score (nSPS) is 25.7. The quantitative estimate of drug-likeness (QED) is 0.430. The standard InChI is InChI=1S/C23H24ClF2NO6/c1-11-6-14-15(22-21(31)20(30)19(29)17(10-28)33-22)9-27(18(14)16(24)7-11)8-12-2-4-13(5-3-12)32-23(25)26/h2-7,9,17,19-23,28-31H,8,10H2,1H3/t17-,19-,20+,21-,22+/m1/s1. The first-order valence-electron chi connectivity index (χ1n) is 10.3. The van der Waals surface area contributed by atoms with Gasteiger partial charge in [0.05, 0.1) is 17.1 Å². The summed E-state index contributed by atoms with van der Waals surface area (Å²) in [6.07, 6.45) is -4.76. The molecule has 1 aliphatic rings. The van der Waals surface area contributed by atoms with Gasteiger partial charge in [0.2, 0.25) is 0 Å². The number of aliphatic hydroxyl groups excluding tert-OH is 4. The molecule has 5 atom stereocenters. The first kappa shape index (κ1) is 23.9. The van der Waals surface area contributed by atoms with Crippen LogP contribution < -0.4 is 4.74 Å². The predicted molar refractivity (Wildman–Crippen MR) is 117 cm³/mol. The second-order valence-corrected chi connectivity index (χ2v) is 8.53. The SMILES string of the molecule is Cc1cc(Cl)c2c(c1)c([C@@H]1O[C@H](CO)[C@@H](O)[C@H](O)[C@H]1O)cn2Cc1ccc(OC(F)F)cc1. The molecule has 0 unspecified atom stereocenters. The molecule has 178 valence electrons. The summed E-state index contributed by atoms with van der Waals surface area (Å²) >= 11 is 6.56. The third-order valence-electron chi connectivity index (χ3n) is 5.80. The van der Waals surface area contributed by atoms with Crippen LogP contribution in [0.4, 0.5) is 8.78 Å². The van der Waals surface area contributed by atoms with Gasteiger partial charge in [-0.3, -0.25) is 0 Å². The van der Waals surface area contributed by atoms with E-state index in [0.29, 0.717) is 28.0 Å². The number of hydrogen-bond donors (Lipinski definition) is 4. The highest BCUT2D eigenvalue weighted by Gasteiger charge is 2.44. The lowest BCUT2D eigenvalue weighted by Crippen LogP contribution is -2.55. The van der Waals surface area contributed by atoms with Crippen molar-refractivity contribution >= 4 is 22.5 Å². The summed E-state index contributed by atoms with van der Waals surface area (Å²) in [6.45, 7) is -1.26. The first-order chi connectivity index (χ1) is 15.7. The highest BCUT2D eigenvalue weighted by atomic mass is 35.5. The van der Waals surface area contributed by atoms with Crippen LogP contribution in [0.15, 0.2) is 42.6 Å². The Morgan fingerprint density at radius 2 is 1.79 bits per heavy atom. The predicted octanol–water partition coefficient (Wildman–Crippen LogP) is 2.77. The number of hydrogen-bond acceptors (Lipinski definition) is 6. The van der Waals surface area contributed by atoms with Crippen LogP contribution in [0.1, 0.15) is 22.8 Å². The summed E-state index contributed by atoms with van der Waals surface area (Å²) in [6, 6.07) is 9.85. The number of aromatic nitrogens is 1. The van der Waals surface area contributed by atoms with Gasteiger partial charge in [-0.25, -0.2) is 0 Å². The Hall–Kier alpha value is -2.27. The summed E-state index contributed by atoms with van der Waals surface area (Å²) in [5.74, 6) is 0.0433. The number of aryl methyl sites for hydroxylation is 1. The molecule has 0 radical (unpaired) electrons. The van der Waals surface area contributed by atoms with E-state index in [1.165, 1.54) is 12.1 Å². The minimum Gasteiger partial charge on any atom is -0.435 e. The van der Waals surface area contributed by atoms with Gasteiger partial charge in [-0.15, -0.1) is 0 Å². The minimum atomic E-state index is -2.91. The lowest BCUT2D eigenvalue weighted by atomic mass is 9.91. The lowest BCUT2D eigenvalue weighted by Gasteiger charge is -2.40. The van der Waals surface area contributed by atoms with Crippen molar-refractivity contribution < 1.29 is 38.7 Å². The minimum absolute atomic E-state index is 0.0433. The van der Waals surface area contributed by atoms with Gasteiger partial charge in [-0.2, -0.15) is 8.78 Å². The number of halogens is 3. The third kappa shape index (κ3) is 4.70. The molecule has 4 N–H and O–H groups in total. The number of nitrogens with zero attached hydrogens (tertiary/aromatic N) is 1. The van der Waals surface area contributed by atoms with Crippen LogP contribution in [0, 0.1) is 6.92 Å². The van der Waals surface area contributed by atoms with Crippen molar-refractivity contribution in [3.8, 4) is 5.75 Å². The molecule has 0 bridgehead atoms. The van der Waals surface area contributed by atoms with E-state index in [0.717, 1.165) is 11.1 Å². The van der Waals surface area contributed by atoms with Gasteiger partial charge < -0.3 is 34.5 Å². The van der Waals surface area contributed by atoms with Crippen LogP contribution in [0.3, 0.4) is 0 Å². The van der Waals surface area contributed by atoms with Crippen LogP contribution >= 0.6 is 11.6 Å². The van der Waals surface area contributed by atoms with Gasteiger partial charge in [0.15, 0.2) is 0 Å². The van der Waals surface area contributed by atoms with Crippen LogP contribution in [0.5, 0.6) is 5.75 Å². The maximum Gasteiger partial charge on any atom is 0.387 e. The van der Waals surface area contributed by atoms with Crippen LogP contribution in [0.2, 0.25) is 5.02 Å². The molecule has 3 aromatic rings. The Morgan fingerprint density at radius 3 is 2.42 bits per heavy atom. The molecule has 4 rings (SSSR count). The van der Waals surface area contributed by atoms with Gasteiger partial charge in [0.1, 0.15) is 36.3 Å². The van der Waals surface area contributed by atoms with Gasteiger partial charge in [-0.1, -0.05) is 23.7 Å². The Morgan fingerprint density at radius 1 is 1.09 bits per heavy atom. The summed E-state index contributed by atoms with van der Waals surface area (Å²) in [4.78, 5) is 0. The Bertz CT molecular complexity index is 1120. The van der Waals surface area contributed by atoms with Crippen LogP contribution in [-0.4, -0.2) is 62.6 Å². The van der Waals surface area contributed by atoms with Gasteiger partial charge in [-0.05, 0) is 42.3 Å². The fourth-order valence-electron chi connectivity index (χ4n) is 4.23. The highest BCUT2D eigenvalue weighted by Crippen LogP contribution is 2.39. The molecule has 7 nitrogen and oxygen atoms in total. The zero-order valence-corrected chi connectivity index (χ0v) is 18.4. The molecule has 1 aliphatic heterocycles. The number of ether oxygens (including phenoxy) is 2. The largest absolute Gasteiger partial charge is 0.435 e. The Labute approximate surface area is 193 Å². The Kier molecular flexibility index (Phi) is 6.90. The van der Waals surface area contributed by atoms with Crippen molar-refractivity contribution in [3.05, 3.63) is 64.3 Å². The molecule has 0 spiro atoms. The van der Waals surface area contributed by atoms with E-state index < -0.39 is 43.7 Å². The zero-order chi connectivity index (χ0) is 23.9. The average molecular weight is 484 g/mol. The number of rotatable bonds is 6. The molecule has 0 saturated carbocycles. The van der Waals surface area contributed by atoms with E-state index in [2.05, 4.69) is 4.74 Å². The zero-order valence-electron chi connectivity index (χ0n) is 17.6. The van der Waals surface area contributed by atoms with Gasteiger partial charge in [0, 0.05) is 23.7 Å². The molecular weight excluding hydrogens is 460 g/mol. The van der Waals surface area contributed by atoms with E-state index in [1.807, 2.05) is 17.6 Å². The molecule has 1 fully saturated rings. The molecule has 1 saturated heterocycles. The highest BCUT2D eigenvalue weighted by molar-refractivity contribution is 6.35. The van der Waals surface area contributed by atoms with E-state index in [1.54, 1.807) is 24.4 Å². The summed E-state index contributed by atoms with van der Waals surface area (Å²) < 4.78 is 36.8. The summed E-state index contributed by atoms with van der Waals surface area (Å²) in [7, 11) is 0. The molecule has 2 aromatic carbocycles. The van der Waals surface area contributed by atoms with Crippen molar-refractivity contribution in [2.45, 2.75) is 50.6 Å². The van der Waals surface area contributed by atoms with Crippen LogP contribution in [0.25, 0.3) is 10.9 Å². The van der Waals surface area contributed by atoms with E-state index in [-0.39, 0.29) is 5.75 Å². The second-order valence-electron chi connectivity index (χ2n) is 8.13.